The first-order valence-electron chi connectivity index (χ1n) is 6.93. The van der Waals surface area contributed by atoms with Gasteiger partial charge in [-0.25, -0.2) is 4.98 Å². The smallest absolute Gasteiger partial charge is 0.122 e. The van der Waals surface area contributed by atoms with Crippen LogP contribution < -0.4 is 5.32 Å². The van der Waals surface area contributed by atoms with E-state index in [1.54, 1.807) is 0 Å². The van der Waals surface area contributed by atoms with Crippen LogP contribution in [0.4, 0.5) is 0 Å². The molecule has 1 aromatic heterocycles. The van der Waals surface area contributed by atoms with E-state index < -0.39 is 0 Å². The van der Waals surface area contributed by atoms with Crippen molar-refractivity contribution in [2.75, 3.05) is 6.61 Å². The molecule has 18 heavy (non-hydrogen) atoms. The van der Waals surface area contributed by atoms with Crippen molar-refractivity contribution in [1.29, 1.82) is 0 Å². The number of rotatable bonds is 6. The number of nitrogens with zero attached hydrogens (tertiary/aromatic N) is 2. The molecule has 2 rings (SSSR count). The fourth-order valence-corrected chi connectivity index (χ4v) is 2.85. The Labute approximate surface area is 110 Å². The summed E-state index contributed by atoms with van der Waals surface area (Å²) in [5, 5.41) is 3.63. The van der Waals surface area contributed by atoms with E-state index in [-0.39, 0.29) is 5.41 Å². The molecule has 0 saturated heterocycles. The molecule has 1 aliphatic rings. The Bertz CT molecular complexity index is 390. The van der Waals surface area contributed by atoms with E-state index in [0.29, 0.717) is 12.1 Å². The minimum absolute atomic E-state index is 0.265. The Morgan fingerprint density at radius 2 is 2.33 bits per heavy atom. The van der Waals surface area contributed by atoms with Crippen LogP contribution in [0.15, 0.2) is 12.4 Å². The van der Waals surface area contributed by atoms with Crippen molar-refractivity contribution < 1.29 is 4.74 Å². The average Bonchev–Trinajstić information content (AvgIpc) is 2.77. The molecule has 0 amide bonds. The van der Waals surface area contributed by atoms with Crippen LogP contribution in [-0.2, 0) is 18.3 Å². The second-order valence-electron chi connectivity index (χ2n) is 5.43. The number of ether oxygens (including phenoxy) is 1. The van der Waals surface area contributed by atoms with Gasteiger partial charge < -0.3 is 14.6 Å². The number of aryl methyl sites for hydroxylation is 1. The number of imidazole rings is 1. The van der Waals surface area contributed by atoms with Crippen molar-refractivity contribution >= 4 is 0 Å². The third kappa shape index (κ3) is 2.31. The zero-order valence-electron chi connectivity index (χ0n) is 11.9. The Morgan fingerprint density at radius 3 is 2.89 bits per heavy atom. The maximum absolute atomic E-state index is 5.81. The first kappa shape index (κ1) is 13.6. The van der Waals surface area contributed by atoms with Crippen LogP contribution in [-0.4, -0.2) is 28.3 Å². The van der Waals surface area contributed by atoms with Gasteiger partial charge in [0.1, 0.15) is 5.82 Å². The quantitative estimate of drug-likeness (QED) is 0.841. The number of aromatic nitrogens is 2. The molecule has 1 aromatic rings. The molecule has 0 spiro atoms. The van der Waals surface area contributed by atoms with Crippen LogP contribution in [0.5, 0.6) is 0 Å². The molecular formula is C14H25N3O. The molecular weight excluding hydrogens is 226 g/mol. The highest BCUT2D eigenvalue weighted by Crippen LogP contribution is 2.45. The van der Waals surface area contributed by atoms with E-state index in [1.807, 2.05) is 19.4 Å². The average molecular weight is 251 g/mol. The highest BCUT2D eigenvalue weighted by atomic mass is 16.5. The van der Waals surface area contributed by atoms with Crippen molar-refractivity contribution in [2.45, 2.75) is 52.3 Å². The summed E-state index contributed by atoms with van der Waals surface area (Å²) in [6.45, 7) is 8.30. The van der Waals surface area contributed by atoms with Gasteiger partial charge in [0.15, 0.2) is 0 Å². The molecule has 1 N–H and O–H groups in total. The molecule has 0 bridgehead atoms. The third-order valence-corrected chi connectivity index (χ3v) is 4.54. The van der Waals surface area contributed by atoms with Gasteiger partial charge in [0.05, 0.1) is 12.6 Å². The minimum atomic E-state index is 0.265. The molecule has 3 atom stereocenters. The highest BCUT2D eigenvalue weighted by molar-refractivity contribution is 5.05. The molecule has 1 aliphatic carbocycles. The summed E-state index contributed by atoms with van der Waals surface area (Å²) in [5.41, 5.74) is 0.265. The summed E-state index contributed by atoms with van der Waals surface area (Å²) < 4.78 is 7.88. The van der Waals surface area contributed by atoms with Crippen molar-refractivity contribution in [1.82, 2.24) is 14.9 Å². The second kappa shape index (κ2) is 5.41. The lowest BCUT2D eigenvalue weighted by atomic mass is 9.61. The van der Waals surface area contributed by atoms with Crippen molar-refractivity contribution in [3.63, 3.8) is 0 Å². The van der Waals surface area contributed by atoms with Crippen LogP contribution in [0.1, 0.15) is 39.4 Å². The van der Waals surface area contributed by atoms with Gasteiger partial charge in [-0.3, -0.25) is 0 Å². The van der Waals surface area contributed by atoms with Gasteiger partial charge in [-0.1, -0.05) is 13.8 Å². The Hall–Kier alpha value is -0.870. The third-order valence-electron chi connectivity index (χ3n) is 4.54. The minimum Gasteiger partial charge on any atom is -0.378 e. The van der Waals surface area contributed by atoms with Crippen molar-refractivity contribution in [3.8, 4) is 0 Å². The van der Waals surface area contributed by atoms with Crippen molar-refractivity contribution in [2.24, 2.45) is 12.5 Å². The van der Waals surface area contributed by atoms with E-state index in [2.05, 4.69) is 35.6 Å². The summed E-state index contributed by atoms with van der Waals surface area (Å²) >= 11 is 0. The highest BCUT2D eigenvalue weighted by Gasteiger charge is 2.50. The van der Waals surface area contributed by atoms with E-state index in [1.165, 1.54) is 0 Å². The Kier molecular flexibility index (Phi) is 4.07. The van der Waals surface area contributed by atoms with Crippen LogP contribution in [0.25, 0.3) is 0 Å². The number of hydrogen-bond acceptors (Lipinski definition) is 3. The SMILES string of the molecule is CCOC1CC(NCc2nccn2C)C1(C)CC. The van der Waals surface area contributed by atoms with E-state index in [9.17, 15) is 0 Å². The largest absolute Gasteiger partial charge is 0.378 e. The van der Waals surface area contributed by atoms with Crippen molar-refractivity contribution in [3.05, 3.63) is 18.2 Å². The predicted octanol–water partition coefficient (Wildman–Crippen LogP) is 2.10. The Morgan fingerprint density at radius 1 is 1.56 bits per heavy atom. The molecule has 3 unspecified atom stereocenters. The summed E-state index contributed by atoms with van der Waals surface area (Å²) in [7, 11) is 2.03. The molecule has 1 fully saturated rings. The number of hydrogen-bond donors (Lipinski definition) is 1. The Balaban J connectivity index is 1.89. The monoisotopic (exact) mass is 251 g/mol. The normalized spacial score (nSPS) is 31.3. The van der Waals surface area contributed by atoms with Crippen LogP contribution in [0.3, 0.4) is 0 Å². The molecule has 4 nitrogen and oxygen atoms in total. The molecule has 0 aromatic carbocycles. The molecule has 4 heteroatoms. The summed E-state index contributed by atoms with van der Waals surface area (Å²) in [4.78, 5) is 4.34. The standard InChI is InChI=1S/C14H25N3O/c1-5-14(3)11(9-12(14)18-6-2)16-10-13-15-7-8-17(13)4/h7-8,11-12,16H,5-6,9-10H2,1-4H3. The van der Waals surface area contributed by atoms with Crippen LogP contribution >= 0.6 is 0 Å². The molecule has 0 aliphatic heterocycles. The van der Waals surface area contributed by atoms with Gasteiger partial charge in [0, 0.05) is 37.5 Å². The molecule has 1 heterocycles. The van der Waals surface area contributed by atoms with Gasteiger partial charge >= 0.3 is 0 Å². The number of nitrogens with one attached hydrogen (secondary N) is 1. The van der Waals surface area contributed by atoms with E-state index >= 15 is 0 Å². The predicted molar refractivity (Wildman–Crippen MR) is 72.3 cm³/mol. The lowest BCUT2D eigenvalue weighted by Gasteiger charge is -2.53. The molecule has 0 radical (unpaired) electrons. The molecule has 1 saturated carbocycles. The topological polar surface area (TPSA) is 39.1 Å². The zero-order chi connectivity index (χ0) is 13.2. The lowest BCUT2D eigenvalue weighted by molar-refractivity contribution is -0.126. The first-order valence-corrected chi connectivity index (χ1v) is 6.93. The van der Waals surface area contributed by atoms with Gasteiger partial charge in [0.25, 0.3) is 0 Å². The lowest BCUT2D eigenvalue weighted by Crippen LogP contribution is -2.62. The van der Waals surface area contributed by atoms with Gasteiger partial charge in [-0.05, 0) is 19.8 Å². The van der Waals surface area contributed by atoms with E-state index in [0.717, 1.165) is 31.8 Å². The summed E-state index contributed by atoms with van der Waals surface area (Å²) in [6.07, 6.45) is 6.50. The summed E-state index contributed by atoms with van der Waals surface area (Å²) in [5.74, 6) is 1.09. The fourth-order valence-electron chi connectivity index (χ4n) is 2.85. The van der Waals surface area contributed by atoms with Gasteiger partial charge in [-0.2, -0.15) is 0 Å². The van der Waals surface area contributed by atoms with Gasteiger partial charge in [-0.15, -0.1) is 0 Å². The maximum Gasteiger partial charge on any atom is 0.122 e. The maximum atomic E-state index is 5.81. The summed E-state index contributed by atoms with van der Waals surface area (Å²) in [6, 6.07) is 0.538. The fraction of sp³-hybridized carbons (Fsp3) is 0.786. The first-order chi connectivity index (χ1) is 8.61. The van der Waals surface area contributed by atoms with Crippen LogP contribution in [0.2, 0.25) is 0 Å². The molecule has 102 valence electrons. The zero-order valence-corrected chi connectivity index (χ0v) is 11.9. The van der Waals surface area contributed by atoms with Crippen LogP contribution in [0, 0.1) is 5.41 Å². The van der Waals surface area contributed by atoms with Gasteiger partial charge in [0.2, 0.25) is 0 Å². The second-order valence-corrected chi connectivity index (χ2v) is 5.43. The van der Waals surface area contributed by atoms with E-state index in [4.69, 9.17) is 4.74 Å².